The van der Waals surface area contributed by atoms with Crippen molar-refractivity contribution in [3.05, 3.63) is 35.0 Å². The van der Waals surface area contributed by atoms with Gasteiger partial charge in [0.15, 0.2) is 5.82 Å². The number of ether oxygens (including phenoxy) is 1. The summed E-state index contributed by atoms with van der Waals surface area (Å²) in [5.74, 6) is 1.76. The highest BCUT2D eigenvalue weighted by molar-refractivity contribution is 5.55. The van der Waals surface area contributed by atoms with Crippen LogP contribution in [-0.2, 0) is 11.8 Å². The van der Waals surface area contributed by atoms with Crippen LogP contribution >= 0.6 is 0 Å². The lowest BCUT2D eigenvalue weighted by atomic mass is 9.93. The van der Waals surface area contributed by atoms with Crippen LogP contribution in [0.25, 0.3) is 0 Å². The summed E-state index contributed by atoms with van der Waals surface area (Å²) in [7, 11) is 1.98. The zero-order valence-electron chi connectivity index (χ0n) is 14.3. The zero-order valence-corrected chi connectivity index (χ0v) is 14.3. The van der Waals surface area contributed by atoms with Gasteiger partial charge in [-0.3, -0.25) is 0 Å². The monoisotopic (exact) mass is 326 g/mol. The molecule has 0 amide bonds. The first kappa shape index (κ1) is 16.4. The quantitative estimate of drug-likeness (QED) is 0.927. The van der Waals surface area contributed by atoms with Crippen molar-refractivity contribution in [2.45, 2.75) is 32.8 Å². The van der Waals surface area contributed by atoms with Gasteiger partial charge in [0.1, 0.15) is 23.6 Å². The van der Waals surface area contributed by atoms with Crippen molar-refractivity contribution in [2.75, 3.05) is 18.5 Å². The fourth-order valence-corrected chi connectivity index (χ4v) is 3.09. The van der Waals surface area contributed by atoms with Gasteiger partial charge in [0.2, 0.25) is 0 Å². The highest BCUT2D eigenvalue weighted by Crippen LogP contribution is 2.33. The van der Waals surface area contributed by atoms with E-state index in [0.29, 0.717) is 17.9 Å². The summed E-state index contributed by atoms with van der Waals surface area (Å²) < 4.78 is 7.98. The Morgan fingerprint density at radius 2 is 2.25 bits per heavy atom. The minimum atomic E-state index is -0.0451. The number of rotatable bonds is 4. The van der Waals surface area contributed by atoms with Crippen LogP contribution in [0.5, 0.6) is 0 Å². The Morgan fingerprint density at radius 1 is 1.42 bits per heavy atom. The van der Waals surface area contributed by atoms with Gasteiger partial charge in [0, 0.05) is 38.5 Å². The molecule has 7 nitrogen and oxygen atoms in total. The van der Waals surface area contributed by atoms with E-state index in [0.717, 1.165) is 36.5 Å². The van der Waals surface area contributed by atoms with Crippen molar-refractivity contribution >= 4 is 5.82 Å². The highest BCUT2D eigenvalue weighted by Gasteiger charge is 2.30. The van der Waals surface area contributed by atoms with Crippen LogP contribution in [0.4, 0.5) is 5.82 Å². The first-order valence-corrected chi connectivity index (χ1v) is 8.18. The molecule has 1 N–H and O–H groups in total. The predicted octanol–water partition coefficient (Wildman–Crippen LogP) is 2.28. The normalized spacial score (nSPS) is 20.6. The van der Waals surface area contributed by atoms with Gasteiger partial charge in [0.25, 0.3) is 0 Å². The summed E-state index contributed by atoms with van der Waals surface area (Å²) in [6, 6.07) is 2.23. The second-order valence-electron chi connectivity index (χ2n) is 6.22. The van der Waals surface area contributed by atoms with Crippen LogP contribution in [0.3, 0.4) is 0 Å². The lowest BCUT2D eigenvalue weighted by Gasteiger charge is -2.31. The summed E-state index contributed by atoms with van der Waals surface area (Å²) in [6.45, 7) is 5.18. The van der Waals surface area contributed by atoms with Gasteiger partial charge in [-0.25, -0.2) is 4.98 Å². The maximum atomic E-state index is 9.40. The molecule has 0 aromatic carbocycles. The molecule has 3 rings (SSSR count). The summed E-state index contributed by atoms with van der Waals surface area (Å²) in [5, 5.41) is 21.0. The molecule has 1 aliphatic heterocycles. The maximum Gasteiger partial charge on any atom is 0.166 e. The van der Waals surface area contributed by atoms with Crippen molar-refractivity contribution in [3.8, 4) is 6.07 Å². The molecule has 1 fully saturated rings. The second kappa shape index (κ2) is 6.97. The van der Waals surface area contributed by atoms with E-state index in [4.69, 9.17) is 4.74 Å². The molecule has 0 radical (unpaired) electrons. The first-order valence-electron chi connectivity index (χ1n) is 8.18. The molecule has 24 heavy (non-hydrogen) atoms. The second-order valence-corrected chi connectivity index (χ2v) is 6.22. The lowest BCUT2D eigenvalue weighted by molar-refractivity contribution is -0.0305. The molecular weight excluding hydrogens is 304 g/mol. The fraction of sp³-hybridized carbons (Fsp3) is 0.529. The Morgan fingerprint density at radius 3 is 2.96 bits per heavy atom. The van der Waals surface area contributed by atoms with E-state index >= 15 is 0 Å². The summed E-state index contributed by atoms with van der Waals surface area (Å²) in [4.78, 5) is 4.43. The number of aromatic nitrogens is 4. The summed E-state index contributed by atoms with van der Waals surface area (Å²) in [6.07, 6.45) is 5.75. The molecule has 7 heteroatoms. The molecule has 2 aromatic heterocycles. The van der Waals surface area contributed by atoms with Crippen LogP contribution in [0.15, 0.2) is 12.4 Å². The van der Waals surface area contributed by atoms with Crippen LogP contribution in [0.2, 0.25) is 0 Å². The summed E-state index contributed by atoms with van der Waals surface area (Å²) >= 11 is 0. The van der Waals surface area contributed by atoms with E-state index in [1.807, 2.05) is 31.7 Å². The molecule has 0 saturated carbocycles. The van der Waals surface area contributed by atoms with E-state index < -0.39 is 0 Å². The van der Waals surface area contributed by atoms with E-state index in [-0.39, 0.29) is 12.0 Å². The van der Waals surface area contributed by atoms with Gasteiger partial charge >= 0.3 is 0 Å². The number of nitrogens with zero attached hydrogens (tertiary/aromatic N) is 5. The number of hydrogen-bond acceptors (Lipinski definition) is 6. The van der Waals surface area contributed by atoms with Gasteiger partial charge < -0.3 is 14.6 Å². The van der Waals surface area contributed by atoms with Crippen LogP contribution in [-0.4, -0.2) is 32.9 Å². The number of aryl methyl sites for hydroxylation is 2. The van der Waals surface area contributed by atoms with Gasteiger partial charge in [-0.15, -0.1) is 5.10 Å². The van der Waals surface area contributed by atoms with Crippen molar-refractivity contribution < 1.29 is 4.74 Å². The van der Waals surface area contributed by atoms with E-state index in [1.54, 1.807) is 6.20 Å². The third kappa shape index (κ3) is 3.10. The molecule has 3 heterocycles. The van der Waals surface area contributed by atoms with Crippen LogP contribution in [0.1, 0.15) is 41.6 Å². The van der Waals surface area contributed by atoms with E-state index in [9.17, 15) is 5.26 Å². The molecule has 0 bridgehead atoms. The molecule has 2 atom stereocenters. The van der Waals surface area contributed by atoms with Crippen molar-refractivity contribution in [1.82, 2.24) is 19.7 Å². The molecule has 1 aliphatic rings. The molecule has 1 saturated heterocycles. The van der Waals surface area contributed by atoms with Gasteiger partial charge in [-0.2, -0.15) is 10.4 Å². The number of anilines is 1. The van der Waals surface area contributed by atoms with Gasteiger partial charge in [-0.05, 0) is 32.3 Å². The van der Waals surface area contributed by atoms with Gasteiger partial charge in [-0.1, -0.05) is 0 Å². The molecule has 126 valence electrons. The topological polar surface area (TPSA) is 88.7 Å². The van der Waals surface area contributed by atoms with Crippen LogP contribution in [0, 0.1) is 31.1 Å². The smallest absolute Gasteiger partial charge is 0.166 e. The maximum absolute atomic E-state index is 9.40. The minimum Gasteiger partial charge on any atom is -0.370 e. The first-order chi connectivity index (χ1) is 11.6. The number of nitrogens with one attached hydrogen (secondary N) is 1. The summed E-state index contributed by atoms with van der Waals surface area (Å²) in [5.41, 5.74) is 2.22. The Kier molecular flexibility index (Phi) is 4.76. The molecular formula is C17H22N6O. The largest absolute Gasteiger partial charge is 0.370 e. The average Bonchev–Trinajstić information content (AvgIpc) is 3.02. The SMILES string of the molecule is Cc1nnc(NC[C@@H]2CCCO[C@H]2c2nccn2C)c(C#N)c1C. The standard InChI is InChI=1S/C17H22N6O/c1-11-12(2)21-22-16(14(11)9-18)20-10-13-5-4-8-24-15(13)17-19-6-7-23(17)3/h6-7,13,15H,4-5,8,10H2,1-3H3,(H,20,22)/t13-,15+/m0/s1. The van der Waals surface area contributed by atoms with E-state index in [2.05, 4.69) is 26.6 Å². The lowest BCUT2D eigenvalue weighted by Crippen LogP contribution is -2.30. The Hall–Kier alpha value is -2.46. The predicted molar refractivity (Wildman–Crippen MR) is 89.3 cm³/mol. The fourth-order valence-electron chi connectivity index (χ4n) is 3.09. The third-order valence-electron chi connectivity index (χ3n) is 4.66. The van der Waals surface area contributed by atoms with Crippen LogP contribution < -0.4 is 5.32 Å². The van der Waals surface area contributed by atoms with Gasteiger partial charge in [0.05, 0.1) is 5.69 Å². The number of imidazole rings is 1. The number of hydrogen-bond donors (Lipinski definition) is 1. The van der Waals surface area contributed by atoms with Crippen molar-refractivity contribution in [3.63, 3.8) is 0 Å². The Labute approximate surface area is 141 Å². The highest BCUT2D eigenvalue weighted by atomic mass is 16.5. The van der Waals surface area contributed by atoms with Crippen molar-refractivity contribution in [1.29, 1.82) is 5.26 Å². The Balaban J connectivity index is 1.77. The minimum absolute atomic E-state index is 0.0451. The molecule has 0 aliphatic carbocycles. The average molecular weight is 326 g/mol. The zero-order chi connectivity index (χ0) is 17.1. The third-order valence-corrected chi connectivity index (χ3v) is 4.66. The number of nitriles is 1. The Bertz CT molecular complexity index is 763. The van der Waals surface area contributed by atoms with E-state index in [1.165, 1.54) is 0 Å². The van der Waals surface area contributed by atoms with Crippen molar-refractivity contribution in [2.24, 2.45) is 13.0 Å². The molecule has 0 unspecified atom stereocenters. The molecule has 0 spiro atoms. The molecule has 2 aromatic rings.